The molecule has 2 aliphatic rings. The first kappa shape index (κ1) is 53.0. The normalized spacial score (nSPS) is 23.1. The minimum atomic E-state index is -1.99. The molecule has 7 aromatic carbocycles. The molecule has 10 atom stereocenters. The third-order valence-corrected chi connectivity index (χ3v) is 12.6. The Morgan fingerprint density at radius 3 is 1.20 bits per heavy atom. The van der Waals surface area contributed by atoms with Gasteiger partial charge in [0.15, 0.2) is 30.9 Å². The van der Waals surface area contributed by atoms with E-state index in [4.69, 9.17) is 47.4 Å². The van der Waals surface area contributed by atoms with Crippen LogP contribution in [0, 0.1) is 0 Å². The molecule has 0 aromatic heterocycles. The quantitative estimate of drug-likeness (QED) is 0.0533. The van der Waals surface area contributed by atoms with Gasteiger partial charge in [0.25, 0.3) is 0 Å². The van der Waals surface area contributed by atoms with Crippen LogP contribution >= 0.6 is 0 Å². The van der Waals surface area contributed by atoms with E-state index in [1.807, 2.05) is 91.0 Å². The number of aliphatic hydroxyl groups is 1. The molecular formula is C61H56O15. The number of esters is 4. The lowest BCUT2D eigenvalue weighted by Crippen LogP contribution is -2.67. The first-order chi connectivity index (χ1) is 37.3. The van der Waals surface area contributed by atoms with Gasteiger partial charge in [0.1, 0.15) is 37.1 Å². The van der Waals surface area contributed by atoms with Crippen LogP contribution in [0.1, 0.15) is 58.1 Å². The van der Waals surface area contributed by atoms with Gasteiger partial charge in [0.2, 0.25) is 0 Å². The largest absolute Gasteiger partial charge is 0.459 e. The molecule has 0 bridgehead atoms. The van der Waals surface area contributed by atoms with Crippen LogP contribution in [0.5, 0.6) is 0 Å². The van der Waals surface area contributed by atoms with Crippen molar-refractivity contribution in [3.05, 3.63) is 251 Å². The van der Waals surface area contributed by atoms with Gasteiger partial charge in [-0.1, -0.05) is 164 Å². The Bertz CT molecular complexity index is 2900. The molecule has 76 heavy (non-hydrogen) atoms. The Morgan fingerprint density at radius 1 is 0.368 bits per heavy atom. The Hall–Kier alpha value is -7.86. The second-order valence-corrected chi connectivity index (χ2v) is 17.9. The molecule has 0 unspecified atom stereocenters. The summed E-state index contributed by atoms with van der Waals surface area (Å²) in [6.45, 7) is -0.452. The van der Waals surface area contributed by atoms with Crippen LogP contribution in [-0.4, -0.2) is 104 Å². The summed E-state index contributed by atoms with van der Waals surface area (Å²) in [7, 11) is 0. The number of hydrogen-bond donors (Lipinski definition) is 1. The predicted molar refractivity (Wildman–Crippen MR) is 274 cm³/mol. The second-order valence-electron chi connectivity index (χ2n) is 17.9. The monoisotopic (exact) mass is 1030 g/mol. The lowest BCUT2D eigenvalue weighted by Gasteiger charge is -2.49. The number of carbonyl (C=O) groups is 4. The first-order valence-electron chi connectivity index (χ1n) is 24.8. The van der Waals surface area contributed by atoms with E-state index in [9.17, 15) is 24.3 Å². The molecule has 1 N–H and O–H groups in total. The number of hydrogen-bond acceptors (Lipinski definition) is 15. The van der Waals surface area contributed by atoms with Crippen LogP contribution < -0.4 is 0 Å². The summed E-state index contributed by atoms with van der Waals surface area (Å²) in [4.78, 5) is 56.3. The van der Waals surface area contributed by atoms with Crippen molar-refractivity contribution < 1.29 is 71.7 Å². The minimum absolute atomic E-state index is 0.00598. The van der Waals surface area contributed by atoms with Gasteiger partial charge in [0.05, 0.1) is 48.7 Å². The zero-order chi connectivity index (χ0) is 52.5. The van der Waals surface area contributed by atoms with Crippen LogP contribution in [0.4, 0.5) is 0 Å². The third-order valence-electron chi connectivity index (χ3n) is 12.6. The van der Waals surface area contributed by atoms with Gasteiger partial charge in [0, 0.05) is 0 Å². The molecule has 0 spiro atoms. The van der Waals surface area contributed by atoms with E-state index in [2.05, 4.69) is 0 Å². The van der Waals surface area contributed by atoms with Crippen LogP contribution in [0.15, 0.2) is 212 Å². The SMILES string of the molecule is O=C(OC[C@H]1O[C@H](O)[C@H](OC(=O)c2ccccc2)[C@@H](OC(=O)c2ccccc2)[C@@H]1O[C@@H]1O[C@H](COCc2ccccc2)[C@@H](OCc2ccccc2)[C@H](OCc2ccccc2)[C@H]1OC(=O)c1ccccc1)c1ccccc1. The summed E-state index contributed by atoms with van der Waals surface area (Å²) < 4.78 is 64.8. The summed E-state index contributed by atoms with van der Waals surface area (Å²) in [6.07, 6.45) is -15.1. The number of ether oxygens (including phenoxy) is 10. The van der Waals surface area contributed by atoms with Crippen molar-refractivity contribution in [1.29, 1.82) is 0 Å². The van der Waals surface area contributed by atoms with Crippen molar-refractivity contribution in [3.63, 3.8) is 0 Å². The Morgan fingerprint density at radius 2 is 0.737 bits per heavy atom. The summed E-state index contributed by atoms with van der Waals surface area (Å²) in [5.74, 6) is -3.31. The molecule has 0 radical (unpaired) electrons. The van der Waals surface area contributed by atoms with E-state index in [1.165, 1.54) is 24.3 Å². The van der Waals surface area contributed by atoms with E-state index in [1.54, 1.807) is 97.1 Å². The van der Waals surface area contributed by atoms with E-state index < -0.39 is 91.9 Å². The first-order valence-corrected chi connectivity index (χ1v) is 24.8. The molecule has 2 heterocycles. The Kier molecular flexibility index (Phi) is 18.5. The number of carbonyl (C=O) groups excluding carboxylic acids is 4. The maximum Gasteiger partial charge on any atom is 0.338 e. The van der Waals surface area contributed by atoms with Crippen LogP contribution in [0.25, 0.3) is 0 Å². The molecule has 390 valence electrons. The number of rotatable bonds is 21. The average molecular weight is 1030 g/mol. The van der Waals surface area contributed by atoms with Gasteiger partial charge in [-0.15, -0.1) is 0 Å². The summed E-state index contributed by atoms with van der Waals surface area (Å²) >= 11 is 0. The van der Waals surface area contributed by atoms with Crippen molar-refractivity contribution in [3.8, 4) is 0 Å². The molecule has 2 saturated heterocycles. The van der Waals surface area contributed by atoms with Crippen molar-refractivity contribution in [2.45, 2.75) is 81.2 Å². The second kappa shape index (κ2) is 26.6. The van der Waals surface area contributed by atoms with E-state index in [-0.39, 0.29) is 48.7 Å². The van der Waals surface area contributed by atoms with Crippen molar-refractivity contribution >= 4 is 23.9 Å². The highest BCUT2D eigenvalue weighted by Gasteiger charge is 2.56. The van der Waals surface area contributed by atoms with Crippen LogP contribution in [-0.2, 0) is 67.2 Å². The molecule has 15 heteroatoms. The topological polar surface area (TPSA) is 181 Å². The standard InChI is InChI=1S/C61H56O15/c62-56(44-28-14-4-15-29-44)70-40-49-51(53(73-57(63)45-30-16-5-17-31-45)54(60(66)71-49)74-58(64)46-32-18-6-19-33-46)76-61-55(75-59(65)47-34-20-7-21-35-47)52(69-38-43-26-12-3-13-27-43)50(68-37-42-24-10-2-11-25-42)48(72-61)39-67-36-41-22-8-1-9-23-41/h1-35,48-55,60-61,66H,36-40H2/t48-,49-,50-,51-,52+,53+,54-,55-,60+,61+/m1/s1. The highest BCUT2D eigenvalue weighted by atomic mass is 16.8. The molecule has 0 amide bonds. The Labute approximate surface area is 439 Å². The van der Waals surface area contributed by atoms with E-state index in [0.717, 1.165) is 16.7 Å². The fourth-order valence-corrected chi connectivity index (χ4v) is 8.76. The molecule has 0 saturated carbocycles. The zero-order valence-electron chi connectivity index (χ0n) is 41.2. The Balaban J connectivity index is 1.15. The number of benzene rings is 7. The van der Waals surface area contributed by atoms with Crippen molar-refractivity contribution in [2.24, 2.45) is 0 Å². The smallest absolute Gasteiger partial charge is 0.338 e. The van der Waals surface area contributed by atoms with E-state index >= 15 is 0 Å². The van der Waals surface area contributed by atoms with Crippen LogP contribution in [0.2, 0.25) is 0 Å². The lowest BCUT2D eigenvalue weighted by molar-refractivity contribution is -0.360. The maximum absolute atomic E-state index is 14.5. The van der Waals surface area contributed by atoms with Crippen LogP contribution in [0.3, 0.4) is 0 Å². The van der Waals surface area contributed by atoms with Gasteiger partial charge in [-0.25, -0.2) is 19.2 Å². The van der Waals surface area contributed by atoms with E-state index in [0.29, 0.717) is 0 Å². The molecule has 9 rings (SSSR count). The average Bonchev–Trinajstić information content (AvgIpc) is 3.48. The lowest BCUT2D eigenvalue weighted by atomic mass is 9.95. The van der Waals surface area contributed by atoms with Crippen molar-refractivity contribution in [1.82, 2.24) is 0 Å². The highest BCUT2D eigenvalue weighted by Crippen LogP contribution is 2.36. The molecule has 2 aliphatic heterocycles. The maximum atomic E-state index is 14.5. The minimum Gasteiger partial charge on any atom is -0.459 e. The van der Waals surface area contributed by atoms with Gasteiger partial charge in [-0.05, 0) is 65.2 Å². The fourth-order valence-electron chi connectivity index (χ4n) is 8.76. The third kappa shape index (κ3) is 14.1. The summed E-state index contributed by atoms with van der Waals surface area (Å²) in [5, 5.41) is 11.9. The van der Waals surface area contributed by atoms with Gasteiger partial charge < -0.3 is 52.5 Å². The fraction of sp³-hybridized carbons (Fsp3) is 0.246. The van der Waals surface area contributed by atoms with Gasteiger partial charge in [-0.2, -0.15) is 0 Å². The van der Waals surface area contributed by atoms with Gasteiger partial charge in [-0.3, -0.25) is 0 Å². The number of aliphatic hydroxyl groups excluding tert-OH is 1. The predicted octanol–water partition coefficient (Wildman–Crippen LogP) is 8.74. The zero-order valence-corrected chi connectivity index (χ0v) is 41.2. The molecule has 7 aromatic rings. The van der Waals surface area contributed by atoms with Crippen molar-refractivity contribution in [2.75, 3.05) is 13.2 Å². The van der Waals surface area contributed by atoms with Gasteiger partial charge >= 0.3 is 23.9 Å². The molecular weight excluding hydrogens is 973 g/mol. The summed E-state index contributed by atoms with van der Waals surface area (Å²) in [6, 6.07) is 60.9. The molecule has 15 nitrogen and oxygen atoms in total. The summed E-state index contributed by atoms with van der Waals surface area (Å²) in [5.41, 5.74) is 3.11. The highest BCUT2D eigenvalue weighted by molar-refractivity contribution is 5.91. The molecule has 0 aliphatic carbocycles. The molecule has 2 fully saturated rings.